The van der Waals surface area contributed by atoms with E-state index in [0.29, 0.717) is 5.02 Å². The first-order chi connectivity index (χ1) is 7.42. The van der Waals surface area contributed by atoms with Gasteiger partial charge >= 0.3 is 0 Å². The molecule has 0 spiro atoms. The van der Waals surface area contributed by atoms with E-state index < -0.39 is 0 Å². The summed E-state index contributed by atoms with van der Waals surface area (Å²) in [5.41, 5.74) is 1.40. The minimum Gasteiger partial charge on any atom is -0.495 e. The van der Waals surface area contributed by atoms with E-state index in [-0.39, 0.29) is 5.54 Å². The minimum atomic E-state index is 0.163. The Labute approximate surface area is 103 Å². The van der Waals surface area contributed by atoms with Crippen LogP contribution in [0, 0.1) is 0 Å². The standard InChI is InChI=1S/C13H20ClNO/c1-13(2,3)15-8-7-10-5-6-11(14)12(9-10)16-4/h5-6,9,15H,7-8H2,1-4H3. The van der Waals surface area contributed by atoms with Crippen molar-refractivity contribution in [3.63, 3.8) is 0 Å². The monoisotopic (exact) mass is 241 g/mol. The first kappa shape index (κ1) is 13.3. The fourth-order valence-electron chi connectivity index (χ4n) is 1.44. The zero-order valence-corrected chi connectivity index (χ0v) is 11.2. The van der Waals surface area contributed by atoms with Gasteiger partial charge in [0.15, 0.2) is 0 Å². The second kappa shape index (κ2) is 5.55. The Bertz CT molecular complexity index is 344. The molecule has 0 saturated carbocycles. The van der Waals surface area contributed by atoms with Crippen molar-refractivity contribution in [2.24, 2.45) is 0 Å². The summed E-state index contributed by atoms with van der Waals surface area (Å²) in [6, 6.07) is 5.91. The molecule has 1 N–H and O–H groups in total. The van der Waals surface area contributed by atoms with Crippen molar-refractivity contribution >= 4 is 11.6 Å². The highest BCUT2D eigenvalue weighted by molar-refractivity contribution is 6.32. The predicted octanol–water partition coefficient (Wildman–Crippen LogP) is 3.28. The van der Waals surface area contributed by atoms with Crippen molar-refractivity contribution in [3.05, 3.63) is 28.8 Å². The molecule has 0 aliphatic heterocycles. The smallest absolute Gasteiger partial charge is 0.137 e. The molecule has 0 aliphatic rings. The van der Waals surface area contributed by atoms with Crippen LogP contribution in [0.2, 0.25) is 5.02 Å². The third-order valence-electron chi connectivity index (χ3n) is 2.28. The van der Waals surface area contributed by atoms with Crippen LogP contribution in [0.15, 0.2) is 18.2 Å². The fraction of sp³-hybridized carbons (Fsp3) is 0.538. The maximum Gasteiger partial charge on any atom is 0.137 e. The van der Waals surface area contributed by atoms with Crippen LogP contribution in [-0.4, -0.2) is 19.2 Å². The maximum absolute atomic E-state index is 5.96. The van der Waals surface area contributed by atoms with E-state index in [1.165, 1.54) is 5.56 Å². The molecular formula is C13H20ClNO. The van der Waals surface area contributed by atoms with Crippen LogP contribution in [0.4, 0.5) is 0 Å². The highest BCUT2D eigenvalue weighted by Crippen LogP contribution is 2.25. The molecule has 2 nitrogen and oxygen atoms in total. The number of hydrogen-bond acceptors (Lipinski definition) is 2. The SMILES string of the molecule is COc1cc(CCNC(C)(C)C)ccc1Cl. The number of benzene rings is 1. The molecule has 1 aromatic rings. The summed E-state index contributed by atoms with van der Waals surface area (Å²) in [5, 5.41) is 4.11. The van der Waals surface area contributed by atoms with Crippen LogP contribution in [0.1, 0.15) is 26.3 Å². The molecule has 0 amide bonds. The molecule has 0 radical (unpaired) electrons. The van der Waals surface area contributed by atoms with Crippen LogP contribution in [0.5, 0.6) is 5.75 Å². The van der Waals surface area contributed by atoms with Gasteiger partial charge in [-0.2, -0.15) is 0 Å². The topological polar surface area (TPSA) is 21.3 Å². The lowest BCUT2D eigenvalue weighted by molar-refractivity contribution is 0.413. The van der Waals surface area contributed by atoms with Crippen molar-refractivity contribution in [3.8, 4) is 5.75 Å². The van der Waals surface area contributed by atoms with Crippen LogP contribution in [0.25, 0.3) is 0 Å². The number of methoxy groups -OCH3 is 1. The Morgan fingerprint density at radius 3 is 2.56 bits per heavy atom. The second-order valence-electron chi connectivity index (χ2n) is 4.90. The van der Waals surface area contributed by atoms with E-state index >= 15 is 0 Å². The fourth-order valence-corrected chi connectivity index (χ4v) is 1.64. The number of hydrogen-bond donors (Lipinski definition) is 1. The maximum atomic E-state index is 5.96. The van der Waals surface area contributed by atoms with Crippen LogP contribution < -0.4 is 10.1 Å². The average Bonchev–Trinajstić information content (AvgIpc) is 2.18. The summed E-state index contributed by atoms with van der Waals surface area (Å²) >= 11 is 5.96. The summed E-state index contributed by atoms with van der Waals surface area (Å²) in [5.74, 6) is 0.745. The average molecular weight is 242 g/mol. The van der Waals surface area contributed by atoms with Gasteiger partial charge in [-0.15, -0.1) is 0 Å². The van der Waals surface area contributed by atoms with Crippen LogP contribution >= 0.6 is 11.6 Å². The number of nitrogens with one attached hydrogen (secondary N) is 1. The highest BCUT2D eigenvalue weighted by atomic mass is 35.5. The summed E-state index contributed by atoms with van der Waals surface area (Å²) in [6.07, 6.45) is 0.977. The van der Waals surface area contributed by atoms with E-state index in [0.717, 1.165) is 18.7 Å². The van der Waals surface area contributed by atoms with E-state index in [1.54, 1.807) is 7.11 Å². The van der Waals surface area contributed by atoms with Crippen LogP contribution in [0.3, 0.4) is 0 Å². The largest absolute Gasteiger partial charge is 0.495 e. The Morgan fingerprint density at radius 1 is 1.31 bits per heavy atom. The van der Waals surface area contributed by atoms with Gasteiger partial charge in [0.05, 0.1) is 12.1 Å². The van der Waals surface area contributed by atoms with E-state index in [1.807, 2.05) is 18.2 Å². The Balaban J connectivity index is 2.55. The molecule has 0 heterocycles. The van der Waals surface area contributed by atoms with Gasteiger partial charge in [-0.25, -0.2) is 0 Å². The molecule has 0 fully saturated rings. The molecule has 0 bridgehead atoms. The lowest BCUT2D eigenvalue weighted by Gasteiger charge is -2.20. The Morgan fingerprint density at radius 2 is 2.00 bits per heavy atom. The van der Waals surface area contributed by atoms with Crippen molar-refractivity contribution in [1.29, 1.82) is 0 Å². The third-order valence-corrected chi connectivity index (χ3v) is 2.60. The number of halogens is 1. The Hall–Kier alpha value is -0.730. The summed E-state index contributed by atoms with van der Waals surface area (Å²) < 4.78 is 5.18. The minimum absolute atomic E-state index is 0.163. The number of rotatable bonds is 4. The van der Waals surface area contributed by atoms with Gasteiger partial charge in [-0.3, -0.25) is 0 Å². The second-order valence-corrected chi connectivity index (χ2v) is 5.30. The molecule has 1 rings (SSSR count). The van der Waals surface area contributed by atoms with E-state index in [9.17, 15) is 0 Å². The quantitative estimate of drug-likeness (QED) is 0.874. The summed E-state index contributed by atoms with van der Waals surface area (Å²) in [6.45, 7) is 7.44. The first-order valence-electron chi connectivity index (χ1n) is 5.50. The van der Waals surface area contributed by atoms with Crippen molar-refractivity contribution in [2.45, 2.75) is 32.7 Å². The van der Waals surface area contributed by atoms with Gasteiger partial charge in [-0.05, 0) is 51.4 Å². The van der Waals surface area contributed by atoms with Gasteiger partial charge in [-0.1, -0.05) is 17.7 Å². The molecule has 16 heavy (non-hydrogen) atoms. The number of ether oxygens (including phenoxy) is 1. The van der Waals surface area contributed by atoms with Crippen molar-refractivity contribution < 1.29 is 4.74 Å². The van der Waals surface area contributed by atoms with Crippen molar-refractivity contribution in [2.75, 3.05) is 13.7 Å². The molecule has 90 valence electrons. The summed E-state index contributed by atoms with van der Waals surface area (Å²) in [4.78, 5) is 0. The molecule has 0 aromatic heterocycles. The molecule has 1 aromatic carbocycles. The van der Waals surface area contributed by atoms with E-state index in [2.05, 4.69) is 26.1 Å². The lowest BCUT2D eigenvalue weighted by atomic mass is 10.1. The molecular weight excluding hydrogens is 222 g/mol. The van der Waals surface area contributed by atoms with E-state index in [4.69, 9.17) is 16.3 Å². The highest BCUT2D eigenvalue weighted by Gasteiger charge is 2.08. The van der Waals surface area contributed by atoms with Gasteiger partial charge in [0.25, 0.3) is 0 Å². The molecule has 0 aliphatic carbocycles. The third kappa shape index (κ3) is 4.42. The van der Waals surface area contributed by atoms with Gasteiger partial charge in [0, 0.05) is 5.54 Å². The predicted molar refractivity (Wildman–Crippen MR) is 69.5 cm³/mol. The zero-order chi connectivity index (χ0) is 12.2. The lowest BCUT2D eigenvalue weighted by Crippen LogP contribution is -2.37. The van der Waals surface area contributed by atoms with Crippen molar-refractivity contribution in [1.82, 2.24) is 5.32 Å². The molecule has 3 heteroatoms. The van der Waals surface area contributed by atoms with Gasteiger partial charge in [0.2, 0.25) is 0 Å². The molecule has 0 saturated heterocycles. The molecule has 0 atom stereocenters. The first-order valence-corrected chi connectivity index (χ1v) is 5.87. The summed E-state index contributed by atoms with van der Waals surface area (Å²) in [7, 11) is 1.64. The molecule has 0 unspecified atom stereocenters. The normalized spacial score (nSPS) is 11.6. The Kier molecular flexibility index (Phi) is 4.63. The van der Waals surface area contributed by atoms with Gasteiger partial charge in [0.1, 0.15) is 5.75 Å². The van der Waals surface area contributed by atoms with Crippen LogP contribution in [-0.2, 0) is 6.42 Å². The zero-order valence-electron chi connectivity index (χ0n) is 10.4. The van der Waals surface area contributed by atoms with Gasteiger partial charge < -0.3 is 10.1 Å².